The van der Waals surface area contributed by atoms with Gasteiger partial charge in [-0.25, -0.2) is 0 Å². The Hall–Kier alpha value is -1.06. The van der Waals surface area contributed by atoms with Crippen LogP contribution in [0.15, 0.2) is 0 Å². The predicted octanol–water partition coefficient (Wildman–Crippen LogP) is 2.43. The van der Waals surface area contributed by atoms with Gasteiger partial charge in [-0.2, -0.15) is 0 Å². The molecule has 0 atom stereocenters. The topological polar surface area (TPSA) is 40.6 Å². The number of piperidine rings is 1. The van der Waals surface area contributed by atoms with E-state index >= 15 is 0 Å². The summed E-state index contributed by atoms with van der Waals surface area (Å²) in [7, 11) is 0. The normalized spacial score (nSPS) is 26.0. The van der Waals surface area contributed by atoms with Gasteiger partial charge in [0, 0.05) is 39.0 Å². The second-order valence-corrected chi connectivity index (χ2v) is 7.27. The number of likely N-dealkylation sites (tertiary alicyclic amines) is 2. The van der Waals surface area contributed by atoms with Crippen LogP contribution in [0.2, 0.25) is 0 Å². The standard InChI is InChI=1S/C17H28N2O2/c1-2-15(20)18-10-7-17(8-11-18)6-5-16(21)19(12-9-17)13-14-3-4-14/h14H,2-13H2,1H3. The highest BCUT2D eigenvalue weighted by molar-refractivity contribution is 5.77. The van der Waals surface area contributed by atoms with Gasteiger partial charge in [-0.05, 0) is 49.9 Å². The Morgan fingerprint density at radius 2 is 1.81 bits per heavy atom. The Labute approximate surface area is 127 Å². The molecule has 0 N–H and O–H groups in total. The second kappa shape index (κ2) is 5.98. The van der Waals surface area contributed by atoms with Gasteiger partial charge in [0.15, 0.2) is 0 Å². The molecule has 4 nitrogen and oxygen atoms in total. The third-order valence-electron chi connectivity index (χ3n) is 5.79. The SMILES string of the molecule is CCC(=O)N1CCC2(CCC(=O)N(CC3CC3)CC2)CC1. The maximum Gasteiger partial charge on any atom is 0.222 e. The van der Waals surface area contributed by atoms with Crippen LogP contribution in [-0.4, -0.2) is 47.8 Å². The van der Waals surface area contributed by atoms with Gasteiger partial charge >= 0.3 is 0 Å². The average Bonchev–Trinajstić information content (AvgIpc) is 3.33. The zero-order valence-electron chi connectivity index (χ0n) is 13.3. The zero-order valence-corrected chi connectivity index (χ0v) is 13.3. The lowest BCUT2D eigenvalue weighted by Crippen LogP contribution is -2.43. The molecule has 2 amide bonds. The van der Waals surface area contributed by atoms with E-state index in [-0.39, 0.29) is 5.91 Å². The van der Waals surface area contributed by atoms with Crippen molar-refractivity contribution in [1.29, 1.82) is 0 Å². The lowest BCUT2D eigenvalue weighted by molar-refractivity contribution is -0.133. The van der Waals surface area contributed by atoms with Gasteiger partial charge in [0.05, 0.1) is 0 Å². The Morgan fingerprint density at radius 3 is 2.43 bits per heavy atom. The molecule has 3 fully saturated rings. The summed E-state index contributed by atoms with van der Waals surface area (Å²) in [5.41, 5.74) is 0.318. The molecule has 0 radical (unpaired) electrons. The highest BCUT2D eigenvalue weighted by Crippen LogP contribution is 2.42. The molecule has 0 unspecified atom stereocenters. The minimum Gasteiger partial charge on any atom is -0.343 e. The minimum absolute atomic E-state index is 0.282. The summed E-state index contributed by atoms with van der Waals surface area (Å²) in [6.07, 6.45) is 8.29. The first-order valence-corrected chi connectivity index (χ1v) is 8.67. The summed E-state index contributed by atoms with van der Waals surface area (Å²) in [6, 6.07) is 0. The lowest BCUT2D eigenvalue weighted by Gasteiger charge is -2.41. The molecule has 2 heterocycles. The van der Waals surface area contributed by atoms with Crippen molar-refractivity contribution >= 4 is 11.8 Å². The van der Waals surface area contributed by atoms with Crippen LogP contribution >= 0.6 is 0 Å². The molecule has 3 aliphatic rings. The van der Waals surface area contributed by atoms with Crippen molar-refractivity contribution in [2.24, 2.45) is 11.3 Å². The highest BCUT2D eigenvalue weighted by atomic mass is 16.2. The first-order chi connectivity index (χ1) is 10.1. The molecule has 21 heavy (non-hydrogen) atoms. The van der Waals surface area contributed by atoms with Gasteiger partial charge in [-0.15, -0.1) is 0 Å². The smallest absolute Gasteiger partial charge is 0.222 e. The van der Waals surface area contributed by atoms with Crippen LogP contribution in [0.3, 0.4) is 0 Å². The van der Waals surface area contributed by atoms with Crippen molar-refractivity contribution in [2.45, 2.75) is 58.3 Å². The number of nitrogens with zero attached hydrogens (tertiary/aromatic N) is 2. The maximum atomic E-state index is 12.3. The van der Waals surface area contributed by atoms with Gasteiger partial charge in [0.25, 0.3) is 0 Å². The van der Waals surface area contributed by atoms with E-state index < -0.39 is 0 Å². The van der Waals surface area contributed by atoms with Crippen molar-refractivity contribution in [1.82, 2.24) is 9.80 Å². The van der Waals surface area contributed by atoms with Gasteiger partial charge in [-0.1, -0.05) is 6.92 Å². The number of hydrogen-bond donors (Lipinski definition) is 0. The third kappa shape index (κ3) is 3.41. The van der Waals surface area contributed by atoms with E-state index in [2.05, 4.69) is 4.90 Å². The van der Waals surface area contributed by atoms with Crippen LogP contribution in [0.25, 0.3) is 0 Å². The number of rotatable bonds is 3. The summed E-state index contributed by atoms with van der Waals surface area (Å²) in [5.74, 6) is 1.43. The van der Waals surface area contributed by atoms with Crippen LogP contribution in [-0.2, 0) is 9.59 Å². The number of hydrogen-bond acceptors (Lipinski definition) is 2. The molecule has 0 aromatic heterocycles. The van der Waals surface area contributed by atoms with Crippen LogP contribution in [0, 0.1) is 11.3 Å². The van der Waals surface area contributed by atoms with Crippen LogP contribution in [0.1, 0.15) is 58.3 Å². The summed E-state index contributed by atoms with van der Waals surface area (Å²) < 4.78 is 0. The molecule has 2 aliphatic heterocycles. The number of amides is 2. The summed E-state index contributed by atoms with van der Waals surface area (Å²) in [6.45, 7) is 5.66. The average molecular weight is 292 g/mol. The van der Waals surface area contributed by atoms with E-state index in [0.29, 0.717) is 24.2 Å². The maximum absolute atomic E-state index is 12.3. The lowest BCUT2D eigenvalue weighted by atomic mass is 9.73. The van der Waals surface area contributed by atoms with Gasteiger partial charge < -0.3 is 9.80 Å². The first kappa shape index (κ1) is 14.9. The van der Waals surface area contributed by atoms with E-state index in [1.54, 1.807) is 0 Å². The second-order valence-electron chi connectivity index (χ2n) is 7.27. The molecule has 0 aromatic rings. The molecule has 3 rings (SSSR count). The summed E-state index contributed by atoms with van der Waals surface area (Å²) in [5, 5.41) is 0. The van der Waals surface area contributed by atoms with Crippen LogP contribution in [0.4, 0.5) is 0 Å². The Kier molecular flexibility index (Phi) is 4.23. The van der Waals surface area contributed by atoms with Crippen molar-refractivity contribution in [2.75, 3.05) is 26.2 Å². The molecule has 1 saturated carbocycles. The Morgan fingerprint density at radius 1 is 1.14 bits per heavy atom. The van der Waals surface area contributed by atoms with Crippen molar-refractivity contribution in [3.05, 3.63) is 0 Å². The molecule has 118 valence electrons. The Bertz CT molecular complexity index is 409. The molecular formula is C17H28N2O2. The fourth-order valence-corrected chi connectivity index (χ4v) is 3.91. The number of carbonyl (C=O) groups excluding carboxylic acids is 2. The molecule has 0 aromatic carbocycles. The molecule has 0 bridgehead atoms. The fraction of sp³-hybridized carbons (Fsp3) is 0.882. The van der Waals surface area contributed by atoms with E-state index in [9.17, 15) is 9.59 Å². The van der Waals surface area contributed by atoms with Crippen LogP contribution in [0.5, 0.6) is 0 Å². The van der Waals surface area contributed by atoms with E-state index in [1.165, 1.54) is 12.8 Å². The number of carbonyl (C=O) groups is 2. The van der Waals surface area contributed by atoms with Crippen LogP contribution < -0.4 is 0 Å². The minimum atomic E-state index is 0.282. The highest BCUT2D eigenvalue weighted by Gasteiger charge is 2.39. The quantitative estimate of drug-likeness (QED) is 0.801. The van der Waals surface area contributed by atoms with Gasteiger partial charge in [0.2, 0.25) is 11.8 Å². The molecular weight excluding hydrogens is 264 g/mol. The van der Waals surface area contributed by atoms with Crippen molar-refractivity contribution < 1.29 is 9.59 Å². The van der Waals surface area contributed by atoms with E-state index in [0.717, 1.165) is 57.8 Å². The fourth-order valence-electron chi connectivity index (χ4n) is 3.91. The monoisotopic (exact) mass is 292 g/mol. The summed E-state index contributed by atoms with van der Waals surface area (Å²) in [4.78, 5) is 28.2. The van der Waals surface area contributed by atoms with Gasteiger partial charge in [0.1, 0.15) is 0 Å². The summed E-state index contributed by atoms with van der Waals surface area (Å²) >= 11 is 0. The van der Waals surface area contributed by atoms with Crippen molar-refractivity contribution in [3.8, 4) is 0 Å². The largest absolute Gasteiger partial charge is 0.343 e. The predicted molar refractivity (Wildman–Crippen MR) is 81.7 cm³/mol. The third-order valence-corrected chi connectivity index (χ3v) is 5.79. The molecule has 4 heteroatoms. The zero-order chi connectivity index (χ0) is 14.9. The first-order valence-electron chi connectivity index (χ1n) is 8.67. The van der Waals surface area contributed by atoms with Gasteiger partial charge in [-0.3, -0.25) is 9.59 Å². The molecule has 2 saturated heterocycles. The van der Waals surface area contributed by atoms with E-state index in [4.69, 9.17) is 0 Å². The Balaban J connectivity index is 1.56. The van der Waals surface area contributed by atoms with E-state index in [1.807, 2.05) is 11.8 Å². The molecule has 1 aliphatic carbocycles. The molecule has 1 spiro atoms. The van der Waals surface area contributed by atoms with Crippen molar-refractivity contribution in [3.63, 3.8) is 0 Å².